The van der Waals surface area contributed by atoms with E-state index in [1.54, 1.807) is 6.07 Å². The van der Waals surface area contributed by atoms with E-state index in [1.165, 1.54) is 50.4 Å². The number of carbonyl (C=O) groups excluding carboxylic acids is 2. The van der Waals surface area contributed by atoms with Crippen LogP contribution in [0.3, 0.4) is 0 Å². The summed E-state index contributed by atoms with van der Waals surface area (Å²) in [5.74, 6) is -0.953. The molecular weight excluding hydrogens is 363 g/mol. The molecule has 0 amide bonds. The Morgan fingerprint density at radius 3 is 2.77 bits per heavy atom. The third-order valence-electron chi connectivity index (χ3n) is 3.76. The Bertz CT molecular complexity index is 902. The van der Waals surface area contributed by atoms with Crippen LogP contribution in [-0.4, -0.2) is 25.0 Å². The second kappa shape index (κ2) is 7.17. The van der Waals surface area contributed by atoms with Crippen molar-refractivity contribution < 1.29 is 28.2 Å². The Labute approximate surface area is 153 Å². The Hall–Kier alpha value is -2.86. The van der Waals surface area contributed by atoms with Crippen molar-refractivity contribution in [1.82, 2.24) is 0 Å². The molecule has 3 rings (SSSR count). The SMILES string of the molecule is COC(=O)[C@@H](C)Oc1ccc2c(c1)O/C(=C/c1c(F)cccc1Cl)C2=O. The Morgan fingerprint density at radius 1 is 1.31 bits per heavy atom. The number of benzene rings is 2. The van der Waals surface area contributed by atoms with E-state index in [4.69, 9.17) is 21.1 Å². The molecule has 2 aromatic carbocycles. The third-order valence-corrected chi connectivity index (χ3v) is 4.09. The first-order valence-corrected chi connectivity index (χ1v) is 8.05. The molecule has 0 unspecified atom stereocenters. The first-order chi connectivity index (χ1) is 12.4. The number of ketones is 1. The third kappa shape index (κ3) is 3.41. The zero-order valence-electron chi connectivity index (χ0n) is 13.9. The lowest BCUT2D eigenvalue weighted by Crippen LogP contribution is -2.24. The van der Waals surface area contributed by atoms with Crippen molar-refractivity contribution in [3.63, 3.8) is 0 Å². The summed E-state index contributed by atoms with van der Waals surface area (Å²) >= 11 is 5.98. The van der Waals surface area contributed by atoms with E-state index in [0.717, 1.165) is 0 Å². The van der Waals surface area contributed by atoms with Crippen LogP contribution < -0.4 is 9.47 Å². The number of fused-ring (bicyclic) bond motifs is 1. The van der Waals surface area contributed by atoms with Crippen LogP contribution in [0.5, 0.6) is 11.5 Å². The van der Waals surface area contributed by atoms with Crippen molar-refractivity contribution in [2.24, 2.45) is 0 Å². The molecule has 1 aliphatic heterocycles. The van der Waals surface area contributed by atoms with Gasteiger partial charge in [0.15, 0.2) is 11.9 Å². The van der Waals surface area contributed by atoms with Gasteiger partial charge in [-0.3, -0.25) is 4.79 Å². The largest absolute Gasteiger partial charge is 0.479 e. The zero-order chi connectivity index (χ0) is 18.8. The first-order valence-electron chi connectivity index (χ1n) is 7.67. The maximum Gasteiger partial charge on any atom is 0.346 e. The van der Waals surface area contributed by atoms with E-state index >= 15 is 0 Å². The minimum atomic E-state index is -0.817. The van der Waals surface area contributed by atoms with Gasteiger partial charge in [0, 0.05) is 11.6 Å². The highest BCUT2D eigenvalue weighted by Crippen LogP contribution is 2.36. The van der Waals surface area contributed by atoms with Crippen LogP contribution in [0.15, 0.2) is 42.2 Å². The second-order valence-corrected chi connectivity index (χ2v) is 5.92. The van der Waals surface area contributed by atoms with E-state index in [-0.39, 0.29) is 22.1 Å². The molecule has 0 saturated carbocycles. The minimum absolute atomic E-state index is 0.0508. The van der Waals surface area contributed by atoms with Crippen molar-refractivity contribution in [3.8, 4) is 11.5 Å². The van der Waals surface area contributed by atoms with Crippen molar-refractivity contribution in [1.29, 1.82) is 0 Å². The zero-order valence-corrected chi connectivity index (χ0v) is 14.7. The molecule has 0 aromatic heterocycles. The number of hydrogen-bond acceptors (Lipinski definition) is 5. The highest BCUT2D eigenvalue weighted by Gasteiger charge is 2.29. The van der Waals surface area contributed by atoms with Crippen molar-refractivity contribution in [2.45, 2.75) is 13.0 Å². The molecule has 7 heteroatoms. The fourth-order valence-electron chi connectivity index (χ4n) is 2.44. The predicted molar refractivity (Wildman–Crippen MR) is 92.9 cm³/mol. The minimum Gasteiger partial charge on any atom is -0.479 e. The number of allylic oxidation sites excluding steroid dienone is 1. The van der Waals surface area contributed by atoms with Gasteiger partial charge in [0.25, 0.3) is 0 Å². The highest BCUT2D eigenvalue weighted by molar-refractivity contribution is 6.32. The summed E-state index contributed by atoms with van der Waals surface area (Å²) in [6.45, 7) is 1.54. The van der Waals surface area contributed by atoms with Crippen LogP contribution in [0.25, 0.3) is 6.08 Å². The molecule has 26 heavy (non-hydrogen) atoms. The predicted octanol–water partition coefficient (Wildman–Crippen LogP) is 4.04. The van der Waals surface area contributed by atoms with Gasteiger partial charge in [-0.2, -0.15) is 0 Å². The number of Topliss-reactive ketones (excluding diaryl/α,β-unsaturated/α-hetero) is 1. The van der Waals surface area contributed by atoms with Crippen molar-refractivity contribution in [2.75, 3.05) is 7.11 Å². The molecule has 0 spiro atoms. The van der Waals surface area contributed by atoms with E-state index in [9.17, 15) is 14.0 Å². The van der Waals surface area contributed by atoms with Crippen molar-refractivity contribution >= 4 is 29.4 Å². The molecule has 0 radical (unpaired) electrons. The van der Waals surface area contributed by atoms with Gasteiger partial charge in [0.1, 0.15) is 17.3 Å². The molecule has 0 saturated heterocycles. The molecule has 134 valence electrons. The number of methoxy groups -OCH3 is 1. The van der Waals surface area contributed by atoms with Crippen LogP contribution >= 0.6 is 11.6 Å². The fraction of sp³-hybridized carbons (Fsp3) is 0.158. The second-order valence-electron chi connectivity index (χ2n) is 5.52. The Kier molecular flexibility index (Phi) is 4.95. The van der Waals surface area contributed by atoms with Crippen LogP contribution in [-0.2, 0) is 9.53 Å². The number of esters is 1. The molecule has 0 fully saturated rings. The van der Waals surface area contributed by atoms with Crippen molar-refractivity contribution in [3.05, 3.63) is 64.1 Å². The maximum atomic E-state index is 13.9. The van der Waals surface area contributed by atoms with E-state index in [2.05, 4.69) is 4.74 Å². The van der Waals surface area contributed by atoms with Gasteiger partial charge < -0.3 is 14.2 Å². The fourth-order valence-corrected chi connectivity index (χ4v) is 2.66. The summed E-state index contributed by atoms with van der Waals surface area (Å²) in [5.41, 5.74) is 0.378. The molecule has 0 N–H and O–H groups in total. The van der Waals surface area contributed by atoms with Gasteiger partial charge in [0.05, 0.1) is 17.7 Å². The lowest BCUT2D eigenvalue weighted by atomic mass is 10.1. The average molecular weight is 377 g/mol. The number of halogens is 2. The topological polar surface area (TPSA) is 61.8 Å². The molecular formula is C19H14ClFO5. The van der Waals surface area contributed by atoms with Gasteiger partial charge in [-0.1, -0.05) is 17.7 Å². The molecule has 0 bridgehead atoms. The van der Waals surface area contributed by atoms with Crippen LogP contribution in [0.4, 0.5) is 4.39 Å². The molecule has 1 aliphatic rings. The highest BCUT2D eigenvalue weighted by atomic mass is 35.5. The van der Waals surface area contributed by atoms with E-state index < -0.39 is 23.7 Å². The van der Waals surface area contributed by atoms with Gasteiger partial charge >= 0.3 is 5.97 Å². The average Bonchev–Trinajstić information content (AvgIpc) is 2.92. The molecule has 1 atom stereocenters. The van der Waals surface area contributed by atoms with Gasteiger partial charge in [-0.05, 0) is 37.3 Å². The Balaban J connectivity index is 1.87. The lowest BCUT2D eigenvalue weighted by Gasteiger charge is -2.12. The summed E-state index contributed by atoms with van der Waals surface area (Å²) in [6.07, 6.45) is 0.444. The maximum absolute atomic E-state index is 13.9. The molecule has 0 aliphatic carbocycles. The van der Waals surface area contributed by atoms with Gasteiger partial charge in [-0.25, -0.2) is 9.18 Å². The van der Waals surface area contributed by atoms with Gasteiger partial charge in [0.2, 0.25) is 5.78 Å². The molecule has 1 heterocycles. The summed E-state index contributed by atoms with van der Waals surface area (Å²) in [5, 5.41) is 0.167. The summed E-state index contributed by atoms with van der Waals surface area (Å²) in [7, 11) is 1.26. The van der Waals surface area contributed by atoms with Gasteiger partial charge in [-0.15, -0.1) is 0 Å². The standard InChI is InChI=1S/C19H14ClFO5/c1-10(19(23)24-2)25-11-6-7-12-16(8-11)26-17(18(12)22)9-13-14(20)4-3-5-15(13)21/h3-10H,1-2H3/b17-9+/t10-/m1/s1. The van der Waals surface area contributed by atoms with E-state index in [1.807, 2.05) is 0 Å². The van der Waals surface area contributed by atoms with Crippen LogP contribution in [0.1, 0.15) is 22.8 Å². The number of carbonyl (C=O) groups is 2. The number of hydrogen-bond donors (Lipinski definition) is 0. The summed E-state index contributed by atoms with van der Waals surface area (Å²) < 4.78 is 29.5. The van der Waals surface area contributed by atoms with Crippen LogP contribution in [0, 0.1) is 5.82 Å². The molecule has 2 aromatic rings. The smallest absolute Gasteiger partial charge is 0.346 e. The quantitative estimate of drug-likeness (QED) is 0.595. The number of rotatable bonds is 4. The summed E-state index contributed by atoms with van der Waals surface area (Å²) in [6, 6.07) is 8.77. The first kappa shape index (κ1) is 17.9. The lowest BCUT2D eigenvalue weighted by molar-refractivity contribution is -0.147. The molecule has 5 nitrogen and oxygen atoms in total. The van der Waals surface area contributed by atoms with Crippen LogP contribution in [0.2, 0.25) is 5.02 Å². The van der Waals surface area contributed by atoms with E-state index in [0.29, 0.717) is 11.3 Å². The normalized spacial score (nSPS) is 15.4. The Morgan fingerprint density at radius 2 is 2.08 bits per heavy atom. The number of ether oxygens (including phenoxy) is 3. The summed E-state index contributed by atoms with van der Waals surface area (Å²) in [4.78, 5) is 23.9. The monoisotopic (exact) mass is 376 g/mol.